The Balaban J connectivity index is 1.21. The van der Waals surface area contributed by atoms with Gasteiger partial charge < -0.3 is 19.3 Å². The first-order valence-corrected chi connectivity index (χ1v) is 17.5. The number of piperidine rings is 3. The minimum Gasteiger partial charge on any atom is -0.468 e. The minimum atomic E-state index is -0.229. The molecule has 7 rings (SSSR count). The van der Waals surface area contributed by atoms with Crippen LogP contribution < -0.4 is 9.80 Å². The number of anilines is 2. The first kappa shape index (κ1) is 30.1. The molecule has 8 heteroatoms. The maximum Gasteiger partial charge on any atom is 0.325 e. The van der Waals surface area contributed by atoms with Crippen molar-refractivity contribution < 1.29 is 19.1 Å². The predicted octanol–water partition coefficient (Wildman–Crippen LogP) is 5.71. The zero-order chi connectivity index (χ0) is 30.2. The van der Waals surface area contributed by atoms with Crippen LogP contribution in [0.4, 0.5) is 11.4 Å². The number of methoxy groups -OCH3 is 2. The number of ether oxygens (including phenoxy) is 2. The molecule has 4 aliphatic heterocycles. The number of fused-ring (bicyclic) bond motifs is 5. The second kappa shape index (κ2) is 13.0. The fourth-order valence-corrected chi connectivity index (χ4v) is 10.2. The largest absolute Gasteiger partial charge is 0.468 e. The Morgan fingerprint density at radius 2 is 1.39 bits per heavy atom. The number of hydrogen-bond acceptors (Lipinski definition) is 8. The lowest BCUT2D eigenvalue weighted by Gasteiger charge is -2.56. The molecule has 2 saturated carbocycles. The molecule has 5 fully saturated rings. The van der Waals surface area contributed by atoms with Gasteiger partial charge in [0.05, 0.1) is 32.1 Å². The third-order valence-corrected chi connectivity index (χ3v) is 11.8. The van der Waals surface area contributed by atoms with Gasteiger partial charge in [0.2, 0.25) is 0 Å². The number of carbonyl (C=O) groups excluding carboxylic acids is 2. The van der Waals surface area contributed by atoms with E-state index in [1.54, 1.807) is 0 Å². The molecule has 44 heavy (non-hydrogen) atoms. The average molecular weight is 605 g/mol. The fraction of sp³-hybridized carbons (Fsp3) is 0.722. The van der Waals surface area contributed by atoms with E-state index < -0.39 is 0 Å². The molecule has 3 saturated heterocycles. The first-order chi connectivity index (χ1) is 21.5. The second-order valence-electron chi connectivity index (χ2n) is 14.5. The summed E-state index contributed by atoms with van der Waals surface area (Å²) in [6.45, 7) is 2.07. The van der Waals surface area contributed by atoms with Gasteiger partial charge in [0, 0.05) is 30.7 Å². The Morgan fingerprint density at radius 3 is 2.07 bits per heavy atom. The van der Waals surface area contributed by atoms with Crippen molar-refractivity contribution in [1.82, 2.24) is 9.80 Å². The molecule has 4 heterocycles. The number of esters is 2. The molecule has 0 spiro atoms. The lowest BCUT2D eigenvalue weighted by Crippen LogP contribution is -2.61. The van der Waals surface area contributed by atoms with Crippen LogP contribution in [0.3, 0.4) is 0 Å². The highest BCUT2D eigenvalue weighted by Gasteiger charge is 2.48. The van der Waals surface area contributed by atoms with Crippen LogP contribution in [0.1, 0.15) is 89.9 Å². The number of hydrogen-bond donors (Lipinski definition) is 0. The van der Waals surface area contributed by atoms with Crippen LogP contribution in [0.25, 0.3) is 0 Å². The maximum absolute atomic E-state index is 12.8. The van der Waals surface area contributed by atoms with Crippen LogP contribution in [0.2, 0.25) is 0 Å². The summed E-state index contributed by atoms with van der Waals surface area (Å²) >= 11 is 0. The molecule has 0 unspecified atom stereocenters. The quantitative estimate of drug-likeness (QED) is 0.383. The van der Waals surface area contributed by atoms with Crippen molar-refractivity contribution >= 4 is 23.3 Å². The Kier molecular flexibility index (Phi) is 8.91. The second-order valence-corrected chi connectivity index (χ2v) is 14.5. The summed E-state index contributed by atoms with van der Waals surface area (Å²) < 4.78 is 10.2. The first-order valence-electron chi connectivity index (χ1n) is 17.5. The minimum absolute atomic E-state index is 0.191. The van der Waals surface area contributed by atoms with Crippen LogP contribution in [0, 0.1) is 11.8 Å². The van der Waals surface area contributed by atoms with Crippen LogP contribution in [0.15, 0.2) is 35.7 Å². The van der Waals surface area contributed by atoms with E-state index in [1.807, 2.05) is 0 Å². The van der Waals surface area contributed by atoms with E-state index in [4.69, 9.17) is 9.47 Å². The van der Waals surface area contributed by atoms with Gasteiger partial charge in [-0.25, -0.2) is 0 Å². The molecule has 6 aliphatic rings. The Hall–Kier alpha value is -2.58. The summed E-state index contributed by atoms with van der Waals surface area (Å²) in [5.41, 5.74) is 3.61. The number of para-hydroxylation sites is 2. The summed E-state index contributed by atoms with van der Waals surface area (Å²) in [4.78, 5) is 35.2. The average Bonchev–Trinajstić information content (AvgIpc) is 3.25. The molecule has 0 aromatic heterocycles. The lowest BCUT2D eigenvalue weighted by molar-refractivity contribution is -0.142. The Labute approximate surface area is 263 Å². The molecule has 6 atom stereocenters. The summed E-state index contributed by atoms with van der Waals surface area (Å²) in [5.74, 6) is 2.61. The summed E-state index contributed by atoms with van der Waals surface area (Å²) in [6, 6.07) is 11.0. The molecule has 0 N–H and O–H groups in total. The van der Waals surface area contributed by atoms with Gasteiger partial charge in [-0.2, -0.15) is 0 Å². The number of rotatable bonds is 6. The van der Waals surface area contributed by atoms with Crippen LogP contribution >= 0.6 is 0 Å². The smallest absolute Gasteiger partial charge is 0.325 e. The topological polar surface area (TPSA) is 65.6 Å². The molecule has 0 amide bonds. The SMILES string of the molecule is COC(=O)CN1CCC/C(=C2/N(CC(=O)OC)c3ccccc3N2[C@@H]2C[C@H]3CCC[C@@H](C2)N3[C@@H]2C[C@@H]3CCCC[C@@H](C3)C2)C1. The standard InChI is InChI=1S/C36H52N4O4/c1-43-34(41)23-37-16-8-11-27(22-37)36-38(24-35(42)44-2)32-14-5-6-15-33(32)40(36)31-20-28-12-7-13-29(21-31)39(28)30-18-25-9-3-4-10-26(17-25)19-30/h5-6,14-15,25-26,28-31H,3-4,7-13,16-24H2,1-2H3/b36-27+/t25-,26+,28-,29+,30-,31-. The molecule has 1 aromatic carbocycles. The Bertz CT molecular complexity index is 1220. The van der Waals surface area contributed by atoms with E-state index in [1.165, 1.54) is 103 Å². The van der Waals surface area contributed by atoms with Crippen molar-refractivity contribution in [3.63, 3.8) is 0 Å². The van der Waals surface area contributed by atoms with Gasteiger partial charge in [0.15, 0.2) is 0 Å². The van der Waals surface area contributed by atoms with Gasteiger partial charge in [-0.15, -0.1) is 0 Å². The van der Waals surface area contributed by atoms with E-state index >= 15 is 0 Å². The third-order valence-electron chi connectivity index (χ3n) is 11.8. The summed E-state index contributed by atoms with van der Waals surface area (Å²) in [7, 11) is 2.94. The normalized spacial score (nSPS) is 34.3. The van der Waals surface area contributed by atoms with Gasteiger partial charge >= 0.3 is 11.9 Å². The van der Waals surface area contributed by atoms with Crippen LogP contribution in [-0.2, 0) is 19.1 Å². The van der Waals surface area contributed by atoms with E-state index in [-0.39, 0.29) is 18.5 Å². The highest BCUT2D eigenvalue weighted by molar-refractivity contribution is 5.88. The van der Waals surface area contributed by atoms with Crippen molar-refractivity contribution in [2.24, 2.45) is 11.8 Å². The molecule has 1 aromatic rings. The van der Waals surface area contributed by atoms with Crippen molar-refractivity contribution in [2.45, 2.75) is 114 Å². The maximum atomic E-state index is 12.8. The van der Waals surface area contributed by atoms with Gasteiger partial charge in [0.1, 0.15) is 12.4 Å². The molecule has 4 bridgehead atoms. The van der Waals surface area contributed by atoms with Crippen LogP contribution in [-0.4, -0.2) is 86.3 Å². The van der Waals surface area contributed by atoms with Gasteiger partial charge in [-0.05, 0) is 93.9 Å². The number of nitrogens with zero attached hydrogens (tertiary/aromatic N) is 4. The van der Waals surface area contributed by atoms with Gasteiger partial charge in [-0.1, -0.05) is 44.2 Å². The predicted molar refractivity (Wildman–Crippen MR) is 172 cm³/mol. The Morgan fingerprint density at radius 1 is 0.727 bits per heavy atom. The third kappa shape index (κ3) is 5.89. The molecular weight excluding hydrogens is 552 g/mol. The lowest BCUT2D eigenvalue weighted by atomic mass is 9.73. The van der Waals surface area contributed by atoms with Gasteiger partial charge in [-0.3, -0.25) is 19.4 Å². The van der Waals surface area contributed by atoms with Crippen molar-refractivity contribution in [3.8, 4) is 0 Å². The number of carbonyl (C=O) groups is 2. The number of likely N-dealkylation sites (tertiary alicyclic amines) is 1. The van der Waals surface area contributed by atoms with Crippen molar-refractivity contribution in [1.29, 1.82) is 0 Å². The number of benzene rings is 1. The highest BCUT2D eigenvalue weighted by Crippen LogP contribution is 2.50. The zero-order valence-electron chi connectivity index (χ0n) is 26.9. The van der Waals surface area contributed by atoms with E-state index in [0.717, 1.165) is 48.8 Å². The van der Waals surface area contributed by atoms with Crippen molar-refractivity contribution in [2.75, 3.05) is 50.2 Å². The van der Waals surface area contributed by atoms with E-state index in [2.05, 4.69) is 43.9 Å². The highest BCUT2D eigenvalue weighted by atomic mass is 16.5. The molecule has 2 aliphatic carbocycles. The summed E-state index contributed by atoms with van der Waals surface area (Å²) in [6.07, 6.45) is 18.3. The van der Waals surface area contributed by atoms with Crippen LogP contribution in [0.5, 0.6) is 0 Å². The molecule has 8 nitrogen and oxygen atoms in total. The fourth-order valence-electron chi connectivity index (χ4n) is 10.2. The molecule has 240 valence electrons. The van der Waals surface area contributed by atoms with Gasteiger partial charge in [0.25, 0.3) is 0 Å². The van der Waals surface area contributed by atoms with E-state index in [0.29, 0.717) is 31.2 Å². The monoisotopic (exact) mass is 604 g/mol. The van der Waals surface area contributed by atoms with E-state index in [9.17, 15) is 9.59 Å². The molecular formula is C36H52N4O4. The van der Waals surface area contributed by atoms with Crippen molar-refractivity contribution in [3.05, 3.63) is 35.7 Å². The molecule has 0 radical (unpaired) electrons. The summed E-state index contributed by atoms with van der Waals surface area (Å²) in [5, 5.41) is 0. The zero-order valence-corrected chi connectivity index (χ0v) is 26.9.